The molecule has 3 aromatic rings. The Morgan fingerprint density at radius 1 is 1.18 bits per heavy atom. The van der Waals surface area contributed by atoms with E-state index in [1.54, 1.807) is 6.07 Å². The van der Waals surface area contributed by atoms with Gasteiger partial charge in [0.2, 0.25) is 0 Å². The maximum atomic E-state index is 11.9. The van der Waals surface area contributed by atoms with Gasteiger partial charge in [0.1, 0.15) is 6.33 Å². The van der Waals surface area contributed by atoms with E-state index in [0.29, 0.717) is 10.7 Å². The summed E-state index contributed by atoms with van der Waals surface area (Å²) in [5.74, 6) is 5.25. The first-order valence-corrected chi connectivity index (χ1v) is 7.26. The molecule has 0 fully saturated rings. The first-order chi connectivity index (χ1) is 10.8. The minimum Gasteiger partial charge on any atom is -0.289 e. The third-order valence-corrected chi connectivity index (χ3v) is 3.79. The van der Waals surface area contributed by atoms with Gasteiger partial charge in [-0.15, -0.1) is 11.3 Å². The van der Waals surface area contributed by atoms with Crippen LogP contribution in [0.4, 0.5) is 5.82 Å². The molecule has 0 aliphatic heterocycles. The highest BCUT2D eigenvalue weighted by Crippen LogP contribution is 2.18. The molecule has 1 amide bonds. The van der Waals surface area contributed by atoms with E-state index in [4.69, 9.17) is 5.84 Å². The number of benzene rings is 1. The predicted octanol–water partition coefficient (Wildman–Crippen LogP) is 1.50. The van der Waals surface area contributed by atoms with Crippen LogP contribution in [0.3, 0.4) is 0 Å². The van der Waals surface area contributed by atoms with Crippen molar-refractivity contribution in [2.45, 2.75) is 0 Å². The van der Waals surface area contributed by atoms with E-state index in [2.05, 4.69) is 25.9 Å². The van der Waals surface area contributed by atoms with E-state index in [1.807, 2.05) is 35.7 Å². The molecule has 7 nitrogen and oxygen atoms in total. The third-order valence-electron chi connectivity index (χ3n) is 2.92. The summed E-state index contributed by atoms with van der Waals surface area (Å²) < 4.78 is 0. The summed E-state index contributed by atoms with van der Waals surface area (Å²) in [6.45, 7) is 0. The van der Waals surface area contributed by atoms with Crippen LogP contribution in [0.5, 0.6) is 0 Å². The molecule has 3 rings (SSSR count). The quantitative estimate of drug-likeness (QED) is 0.293. The lowest BCUT2D eigenvalue weighted by Crippen LogP contribution is -2.36. The van der Waals surface area contributed by atoms with Crippen molar-refractivity contribution in [3.05, 3.63) is 53.0 Å². The number of hydrogen-bond donors (Lipinski definition) is 3. The Morgan fingerprint density at radius 3 is 2.82 bits per heavy atom. The molecular weight excluding hydrogens is 300 g/mol. The minimum absolute atomic E-state index is 0.195. The summed E-state index contributed by atoms with van der Waals surface area (Å²) in [5, 5.41) is 6.82. The predicted molar refractivity (Wildman–Crippen MR) is 86.3 cm³/mol. The van der Waals surface area contributed by atoms with Gasteiger partial charge in [-0.2, -0.15) is 5.10 Å². The van der Waals surface area contributed by atoms with E-state index in [0.717, 1.165) is 10.9 Å². The molecule has 0 aliphatic carbocycles. The van der Waals surface area contributed by atoms with Crippen molar-refractivity contribution in [3.63, 3.8) is 0 Å². The molecule has 0 radical (unpaired) electrons. The number of hydrazone groups is 1. The molecule has 0 saturated heterocycles. The second kappa shape index (κ2) is 6.29. The number of para-hydroxylation sites is 1. The summed E-state index contributed by atoms with van der Waals surface area (Å²) in [5.41, 5.74) is 5.89. The summed E-state index contributed by atoms with van der Waals surface area (Å²) in [7, 11) is 0. The number of nitrogens with one attached hydrogen (secondary N) is 2. The fourth-order valence-corrected chi connectivity index (χ4v) is 2.61. The van der Waals surface area contributed by atoms with Gasteiger partial charge >= 0.3 is 0 Å². The molecule has 4 N–H and O–H groups in total. The molecule has 0 unspecified atom stereocenters. The summed E-state index contributed by atoms with van der Waals surface area (Å²) in [6.07, 6.45) is 1.44. The molecule has 110 valence electrons. The van der Waals surface area contributed by atoms with Crippen molar-refractivity contribution in [2.75, 3.05) is 5.43 Å². The fourth-order valence-electron chi connectivity index (χ4n) is 1.90. The molecule has 0 bridgehead atoms. The Labute approximate surface area is 129 Å². The summed E-state index contributed by atoms with van der Waals surface area (Å²) in [4.78, 5) is 20.9. The first kappa shape index (κ1) is 14.1. The maximum absolute atomic E-state index is 11.9. The van der Waals surface area contributed by atoms with Gasteiger partial charge in [-0.25, -0.2) is 15.8 Å². The van der Waals surface area contributed by atoms with Crippen LogP contribution in [0.25, 0.3) is 10.9 Å². The zero-order valence-electron chi connectivity index (χ0n) is 11.4. The highest BCUT2D eigenvalue weighted by atomic mass is 32.1. The van der Waals surface area contributed by atoms with Gasteiger partial charge in [0.15, 0.2) is 11.5 Å². The normalized spacial score (nSPS) is 11.4. The standard InChI is InChI=1S/C14H12N6OS/c15-18-14(21)12(11-6-3-7-22-11)19-20-13-9-4-1-2-5-10(9)16-8-17-13/h1-8H,15H2,(H,18,21)(H,16,17,20). The number of fused-ring (bicyclic) bond motifs is 1. The molecule has 0 saturated carbocycles. The van der Waals surface area contributed by atoms with Crippen LogP contribution in [-0.2, 0) is 4.79 Å². The monoisotopic (exact) mass is 312 g/mol. The number of rotatable bonds is 4. The smallest absolute Gasteiger partial charge is 0.287 e. The molecule has 2 heterocycles. The Kier molecular flexibility index (Phi) is 4.03. The maximum Gasteiger partial charge on any atom is 0.287 e. The Hall–Kier alpha value is -2.84. The molecule has 22 heavy (non-hydrogen) atoms. The number of hydrogen-bond acceptors (Lipinski definition) is 7. The lowest BCUT2D eigenvalue weighted by Gasteiger charge is -2.06. The Balaban J connectivity index is 1.98. The first-order valence-electron chi connectivity index (χ1n) is 6.38. The fraction of sp³-hybridized carbons (Fsp3) is 0. The zero-order chi connectivity index (χ0) is 15.4. The van der Waals surface area contributed by atoms with E-state index >= 15 is 0 Å². The summed E-state index contributed by atoms with van der Waals surface area (Å²) >= 11 is 1.39. The number of nitrogens with two attached hydrogens (primary N) is 1. The zero-order valence-corrected chi connectivity index (χ0v) is 12.2. The van der Waals surface area contributed by atoms with Crippen LogP contribution < -0.4 is 16.7 Å². The van der Waals surface area contributed by atoms with Crippen molar-refractivity contribution < 1.29 is 4.79 Å². The molecule has 2 aromatic heterocycles. The lowest BCUT2D eigenvalue weighted by atomic mass is 10.2. The van der Waals surface area contributed by atoms with Gasteiger partial charge in [-0.3, -0.25) is 15.6 Å². The second-order valence-corrected chi connectivity index (χ2v) is 5.21. The van der Waals surface area contributed by atoms with Crippen LogP contribution in [-0.4, -0.2) is 21.6 Å². The van der Waals surface area contributed by atoms with Gasteiger partial charge in [0.05, 0.1) is 10.4 Å². The van der Waals surface area contributed by atoms with Crippen molar-refractivity contribution in [1.29, 1.82) is 0 Å². The number of carbonyl (C=O) groups excluding carboxylic acids is 1. The van der Waals surface area contributed by atoms with Crippen molar-refractivity contribution in [3.8, 4) is 0 Å². The van der Waals surface area contributed by atoms with Crippen LogP contribution in [0.2, 0.25) is 0 Å². The number of thiophene rings is 1. The van der Waals surface area contributed by atoms with E-state index < -0.39 is 5.91 Å². The van der Waals surface area contributed by atoms with Gasteiger partial charge in [0.25, 0.3) is 5.91 Å². The van der Waals surface area contributed by atoms with E-state index in [9.17, 15) is 4.79 Å². The van der Waals surface area contributed by atoms with Crippen molar-refractivity contribution >= 4 is 39.7 Å². The van der Waals surface area contributed by atoms with Crippen molar-refractivity contribution in [1.82, 2.24) is 15.4 Å². The molecule has 1 aromatic carbocycles. The molecular formula is C14H12N6OS. The number of anilines is 1. The van der Waals surface area contributed by atoms with E-state index in [-0.39, 0.29) is 5.71 Å². The van der Waals surface area contributed by atoms with Crippen LogP contribution in [0.15, 0.2) is 53.2 Å². The average molecular weight is 312 g/mol. The number of amides is 1. The second-order valence-electron chi connectivity index (χ2n) is 4.26. The highest BCUT2D eigenvalue weighted by Gasteiger charge is 2.14. The molecule has 8 heteroatoms. The largest absolute Gasteiger partial charge is 0.289 e. The van der Waals surface area contributed by atoms with Gasteiger partial charge in [-0.05, 0) is 23.6 Å². The van der Waals surface area contributed by atoms with Crippen LogP contribution >= 0.6 is 11.3 Å². The SMILES string of the molecule is NNC(=O)C(=NNc1ncnc2ccccc12)c1cccs1. The molecule has 0 spiro atoms. The number of carbonyl (C=O) groups is 1. The number of nitrogens with zero attached hydrogens (tertiary/aromatic N) is 3. The average Bonchev–Trinajstić information content (AvgIpc) is 3.09. The summed E-state index contributed by atoms with van der Waals surface area (Å²) in [6, 6.07) is 11.1. The van der Waals surface area contributed by atoms with E-state index in [1.165, 1.54) is 17.7 Å². The minimum atomic E-state index is -0.478. The Bertz CT molecular complexity index is 825. The molecule has 0 aliphatic rings. The van der Waals surface area contributed by atoms with Gasteiger partial charge < -0.3 is 0 Å². The van der Waals surface area contributed by atoms with Crippen LogP contribution in [0.1, 0.15) is 4.88 Å². The Morgan fingerprint density at radius 2 is 2.05 bits per heavy atom. The third kappa shape index (κ3) is 2.78. The number of hydrazine groups is 1. The highest BCUT2D eigenvalue weighted by molar-refractivity contribution is 7.13. The van der Waals surface area contributed by atoms with Gasteiger partial charge in [0, 0.05) is 5.39 Å². The topological polar surface area (TPSA) is 105 Å². The molecule has 0 atom stereocenters. The van der Waals surface area contributed by atoms with Gasteiger partial charge in [-0.1, -0.05) is 18.2 Å². The lowest BCUT2D eigenvalue weighted by molar-refractivity contribution is -0.114. The van der Waals surface area contributed by atoms with Crippen molar-refractivity contribution in [2.24, 2.45) is 10.9 Å². The van der Waals surface area contributed by atoms with Crippen LogP contribution in [0, 0.1) is 0 Å². The number of aromatic nitrogens is 2.